The fourth-order valence-electron chi connectivity index (χ4n) is 1.41. The van der Waals surface area contributed by atoms with E-state index in [4.69, 9.17) is 16.3 Å². The Labute approximate surface area is 102 Å². The highest BCUT2D eigenvalue weighted by atomic mass is 35.5. The molecule has 0 saturated heterocycles. The summed E-state index contributed by atoms with van der Waals surface area (Å²) in [7, 11) is 0. The third-order valence-corrected chi connectivity index (χ3v) is 2.79. The van der Waals surface area contributed by atoms with Crippen molar-refractivity contribution in [2.24, 2.45) is 5.92 Å². The number of hydrogen-bond acceptors (Lipinski definition) is 1. The highest BCUT2D eigenvalue weighted by Crippen LogP contribution is 2.11. The molecule has 0 saturated carbocycles. The van der Waals surface area contributed by atoms with Gasteiger partial charge in [0.25, 0.3) is 0 Å². The molecular weight excluding hydrogens is 227 g/mol. The van der Waals surface area contributed by atoms with Gasteiger partial charge in [0, 0.05) is 18.1 Å². The summed E-state index contributed by atoms with van der Waals surface area (Å²) in [6.07, 6.45) is 1.98. The van der Waals surface area contributed by atoms with Crippen molar-refractivity contribution in [2.75, 3.05) is 12.5 Å². The molecule has 0 aliphatic heterocycles. The van der Waals surface area contributed by atoms with Crippen molar-refractivity contribution in [1.29, 1.82) is 0 Å². The number of hydrogen-bond donors (Lipinski definition) is 0. The summed E-state index contributed by atoms with van der Waals surface area (Å²) >= 11 is 5.64. The number of halogens is 2. The maximum absolute atomic E-state index is 13.2. The van der Waals surface area contributed by atoms with E-state index in [2.05, 4.69) is 6.92 Å². The monoisotopic (exact) mass is 244 g/mol. The molecule has 0 amide bonds. The lowest BCUT2D eigenvalue weighted by Gasteiger charge is -2.10. The second-order valence-corrected chi connectivity index (χ2v) is 4.39. The van der Waals surface area contributed by atoms with Gasteiger partial charge < -0.3 is 4.74 Å². The van der Waals surface area contributed by atoms with Crippen molar-refractivity contribution in [3.05, 3.63) is 35.6 Å². The van der Waals surface area contributed by atoms with Crippen LogP contribution in [-0.2, 0) is 11.3 Å². The summed E-state index contributed by atoms with van der Waals surface area (Å²) in [5.74, 6) is 1.06. The Balaban J connectivity index is 2.19. The van der Waals surface area contributed by atoms with E-state index in [0.29, 0.717) is 30.6 Å². The smallest absolute Gasteiger partial charge is 0.128 e. The Bertz CT molecular complexity index is 304. The molecule has 0 bridgehead atoms. The Kier molecular flexibility index (Phi) is 6.43. The first-order chi connectivity index (χ1) is 7.74. The van der Waals surface area contributed by atoms with E-state index < -0.39 is 0 Å². The first-order valence-electron chi connectivity index (χ1n) is 5.61. The maximum atomic E-state index is 13.2. The van der Waals surface area contributed by atoms with Crippen LogP contribution in [0.4, 0.5) is 4.39 Å². The average molecular weight is 245 g/mol. The minimum atomic E-state index is -0.198. The van der Waals surface area contributed by atoms with Crippen LogP contribution in [0.25, 0.3) is 0 Å². The molecular formula is C13H18ClFO. The van der Waals surface area contributed by atoms with Crippen LogP contribution in [-0.4, -0.2) is 12.5 Å². The third-order valence-electron chi connectivity index (χ3n) is 2.57. The van der Waals surface area contributed by atoms with Crippen LogP contribution in [0.2, 0.25) is 0 Å². The maximum Gasteiger partial charge on any atom is 0.128 e. The summed E-state index contributed by atoms with van der Waals surface area (Å²) in [6, 6.07) is 6.70. The molecule has 0 heterocycles. The molecule has 1 aromatic carbocycles. The molecule has 90 valence electrons. The van der Waals surface area contributed by atoms with E-state index in [1.54, 1.807) is 12.1 Å². The van der Waals surface area contributed by atoms with E-state index in [-0.39, 0.29) is 5.82 Å². The molecule has 16 heavy (non-hydrogen) atoms. The fraction of sp³-hybridized carbons (Fsp3) is 0.538. The van der Waals surface area contributed by atoms with Gasteiger partial charge in [0.05, 0.1) is 6.61 Å². The van der Waals surface area contributed by atoms with Crippen LogP contribution in [0.5, 0.6) is 0 Å². The van der Waals surface area contributed by atoms with E-state index in [1.807, 2.05) is 6.07 Å². The predicted molar refractivity (Wildman–Crippen MR) is 65.2 cm³/mol. The SMILES string of the molecule is CC(CCCl)CCOCc1ccccc1F. The van der Waals surface area contributed by atoms with Crippen LogP contribution >= 0.6 is 11.6 Å². The molecule has 0 aromatic heterocycles. The van der Waals surface area contributed by atoms with E-state index in [9.17, 15) is 4.39 Å². The van der Waals surface area contributed by atoms with E-state index in [0.717, 1.165) is 12.8 Å². The minimum absolute atomic E-state index is 0.198. The number of ether oxygens (including phenoxy) is 1. The summed E-state index contributed by atoms with van der Waals surface area (Å²) in [6.45, 7) is 3.15. The van der Waals surface area contributed by atoms with Gasteiger partial charge in [0.1, 0.15) is 5.82 Å². The molecule has 0 fully saturated rings. The molecule has 0 aliphatic carbocycles. The second-order valence-electron chi connectivity index (χ2n) is 4.02. The zero-order valence-electron chi connectivity index (χ0n) is 9.59. The van der Waals surface area contributed by atoms with Gasteiger partial charge in [0.2, 0.25) is 0 Å². The summed E-state index contributed by atoms with van der Waals surface area (Å²) in [5.41, 5.74) is 0.618. The molecule has 1 aromatic rings. The normalized spacial score (nSPS) is 12.7. The van der Waals surface area contributed by atoms with Gasteiger partial charge in [-0.3, -0.25) is 0 Å². The van der Waals surface area contributed by atoms with Gasteiger partial charge in [-0.2, -0.15) is 0 Å². The van der Waals surface area contributed by atoms with Gasteiger partial charge in [0.15, 0.2) is 0 Å². The highest BCUT2D eigenvalue weighted by Gasteiger charge is 2.03. The second kappa shape index (κ2) is 7.64. The van der Waals surface area contributed by atoms with Crippen molar-refractivity contribution >= 4 is 11.6 Å². The van der Waals surface area contributed by atoms with Crippen LogP contribution < -0.4 is 0 Å². The minimum Gasteiger partial charge on any atom is -0.377 e. The molecule has 3 heteroatoms. The van der Waals surface area contributed by atoms with Gasteiger partial charge in [-0.1, -0.05) is 25.1 Å². The fourth-order valence-corrected chi connectivity index (χ4v) is 1.79. The third kappa shape index (κ3) is 4.95. The van der Waals surface area contributed by atoms with Gasteiger partial charge in [-0.25, -0.2) is 4.39 Å². The lowest BCUT2D eigenvalue weighted by molar-refractivity contribution is 0.106. The molecule has 0 N–H and O–H groups in total. The summed E-state index contributed by atoms with van der Waals surface area (Å²) in [4.78, 5) is 0. The number of alkyl halides is 1. The van der Waals surface area contributed by atoms with Crippen LogP contribution in [0.3, 0.4) is 0 Å². The number of benzene rings is 1. The summed E-state index contributed by atoms with van der Waals surface area (Å²) in [5, 5.41) is 0. The average Bonchev–Trinajstić information content (AvgIpc) is 2.27. The molecule has 0 aliphatic rings. The largest absolute Gasteiger partial charge is 0.377 e. The van der Waals surface area contributed by atoms with E-state index in [1.165, 1.54) is 6.07 Å². The Morgan fingerprint density at radius 1 is 1.31 bits per heavy atom. The van der Waals surface area contributed by atoms with Crippen molar-refractivity contribution < 1.29 is 9.13 Å². The predicted octanol–water partition coefficient (Wildman–Crippen LogP) is 4.00. The highest BCUT2D eigenvalue weighted by molar-refractivity contribution is 6.17. The molecule has 1 atom stereocenters. The zero-order valence-corrected chi connectivity index (χ0v) is 10.3. The Hall–Kier alpha value is -0.600. The van der Waals surface area contributed by atoms with Crippen LogP contribution in [0.1, 0.15) is 25.3 Å². The molecule has 1 nitrogen and oxygen atoms in total. The van der Waals surface area contributed by atoms with Crippen molar-refractivity contribution in [3.63, 3.8) is 0 Å². The molecule has 1 unspecified atom stereocenters. The van der Waals surface area contributed by atoms with Gasteiger partial charge >= 0.3 is 0 Å². The summed E-state index contributed by atoms with van der Waals surface area (Å²) < 4.78 is 18.6. The molecule has 0 spiro atoms. The lowest BCUT2D eigenvalue weighted by Crippen LogP contribution is -2.03. The van der Waals surface area contributed by atoms with Crippen molar-refractivity contribution in [1.82, 2.24) is 0 Å². The first kappa shape index (κ1) is 13.5. The first-order valence-corrected chi connectivity index (χ1v) is 6.14. The van der Waals surface area contributed by atoms with Crippen LogP contribution in [0.15, 0.2) is 24.3 Å². The standard InChI is InChI=1S/C13H18ClFO/c1-11(6-8-14)7-9-16-10-12-4-2-3-5-13(12)15/h2-5,11H,6-10H2,1H3. The quantitative estimate of drug-likeness (QED) is 0.520. The molecule has 0 radical (unpaired) electrons. The lowest BCUT2D eigenvalue weighted by atomic mass is 10.1. The van der Waals surface area contributed by atoms with Gasteiger partial charge in [-0.05, 0) is 24.8 Å². The van der Waals surface area contributed by atoms with Crippen LogP contribution in [0, 0.1) is 11.7 Å². The van der Waals surface area contributed by atoms with Gasteiger partial charge in [-0.15, -0.1) is 11.6 Å². The van der Waals surface area contributed by atoms with Crippen molar-refractivity contribution in [3.8, 4) is 0 Å². The molecule has 1 rings (SSSR count). The van der Waals surface area contributed by atoms with Crippen molar-refractivity contribution in [2.45, 2.75) is 26.4 Å². The topological polar surface area (TPSA) is 9.23 Å². The van der Waals surface area contributed by atoms with E-state index >= 15 is 0 Å². The number of rotatable bonds is 7. The Morgan fingerprint density at radius 2 is 2.06 bits per heavy atom. The Morgan fingerprint density at radius 3 is 2.75 bits per heavy atom. The zero-order chi connectivity index (χ0) is 11.8.